The van der Waals surface area contributed by atoms with Gasteiger partial charge < -0.3 is 5.11 Å². The van der Waals surface area contributed by atoms with E-state index < -0.39 is 5.60 Å². The Kier molecular flexibility index (Phi) is 6.87. The van der Waals surface area contributed by atoms with E-state index in [1.54, 1.807) is 13.8 Å². The number of hydrogen-bond donors (Lipinski definition) is 1. The topological polar surface area (TPSA) is 20.2 Å². The van der Waals surface area contributed by atoms with Crippen LogP contribution in [-0.4, -0.2) is 10.7 Å². The average Bonchev–Trinajstić information content (AvgIpc) is 2.21. The van der Waals surface area contributed by atoms with Gasteiger partial charge in [0.25, 0.3) is 0 Å². The van der Waals surface area contributed by atoms with Crippen molar-refractivity contribution in [2.24, 2.45) is 0 Å². The van der Waals surface area contributed by atoms with Gasteiger partial charge in [-0.25, -0.2) is 0 Å². The van der Waals surface area contributed by atoms with Crippen LogP contribution >= 0.6 is 0 Å². The van der Waals surface area contributed by atoms with Crippen LogP contribution in [0.3, 0.4) is 0 Å². The van der Waals surface area contributed by atoms with E-state index in [0.29, 0.717) is 5.57 Å². The van der Waals surface area contributed by atoms with Gasteiger partial charge in [0, 0.05) is 6.42 Å². The maximum Gasteiger partial charge on any atom is 0.144 e. The van der Waals surface area contributed by atoms with Crippen molar-refractivity contribution in [3.05, 3.63) is 12.2 Å². The van der Waals surface area contributed by atoms with Gasteiger partial charge in [0.05, 0.1) is 0 Å². The molecule has 16 heavy (non-hydrogen) atoms. The van der Waals surface area contributed by atoms with Crippen molar-refractivity contribution in [3.8, 4) is 35.5 Å². The summed E-state index contributed by atoms with van der Waals surface area (Å²) in [6, 6.07) is 0. The summed E-state index contributed by atoms with van der Waals surface area (Å²) in [4.78, 5) is 0. The van der Waals surface area contributed by atoms with E-state index in [9.17, 15) is 5.11 Å². The molecule has 0 aromatic rings. The molecule has 0 heterocycles. The fourth-order valence-corrected chi connectivity index (χ4v) is 0.694. The van der Waals surface area contributed by atoms with Crippen LogP contribution in [0.2, 0.25) is 0 Å². The van der Waals surface area contributed by atoms with Crippen molar-refractivity contribution in [2.75, 3.05) is 0 Å². The molecule has 1 N–H and O–H groups in total. The Balaban J connectivity index is 4.24. The highest BCUT2D eigenvalue weighted by molar-refractivity contribution is 5.39. The van der Waals surface area contributed by atoms with E-state index in [1.165, 1.54) is 0 Å². The molecule has 0 fully saturated rings. The van der Waals surface area contributed by atoms with Gasteiger partial charge in [-0.05, 0) is 55.4 Å². The zero-order valence-corrected chi connectivity index (χ0v) is 10.3. The van der Waals surface area contributed by atoms with Gasteiger partial charge in [-0.2, -0.15) is 0 Å². The number of aliphatic hydroxyl groups is 1. The Bertz CT molecular complexity index is 408. The van der Waals surface area contributed by atoms with E-state index in [-0.39, 0.29) is 0 Å². The highest BCUT2D eigenvalue weighted by atomic mass is 16.3. The van der Waals surface area contributed by atoms with Gasteiger partial charge in [0.1, 0.15) is 5.60 Å². The van der Waals surface area contributed by atoms with Crippen LogP contribution in [0.25, 0.3) is 0 Å². The molecule has 0 saturated carbocycles. The highest BCUT2D eigenvalue weighted by Gasteiger charge is 2.16. The highest BCUT2D eigenvalue weighted by Crippen LogP contribution is 2.11. The molecule has 1 heteroatoms. The largest absolute Gasteiger partial charge is 0.374 e. The summed E-state index contributed by atoms with van der Waals surface area (Å²) >= 11 is 0. The monoisotopic (exact) mass is 214 g/mol. The lowest BCUT2D eigenvalue weighted by Gasteiger charge is -2.14. The van der Waals surface area contributed by atoms with Gasteiger partial charge in [-0.3, -0.25) is 0 Å². The summed E-state index contributed by atoms with van der Waals surface area (Å²) < 4.78 is 0. The lowest BCUT2D eigenvalue weighted by atomic mass is 10.00. The first kappa shape index (κ1) is 14.4. The molecular weight excluding hydrogens is 196 g/mol. The summed E-state index contributed by atoms with van der Waals surface area (Å²) in [6.07, 6.45) is 3.12. The Morgan fingerprint density at radius 3 is 2.44 bits per heavy atom. The van der Waals surface area contributed by atoms with Crippen LogP contribution in [-0.2, 0) is 0 Å². The Morgan fingerprint density at radius 2 is 1.88 bits per heavy atom. The van der Waals surface area contributed by atoms with E-state index in [0.717, 1.165) is 19.3 Å². The second-order valence-electron chi connectivity index (χ2n) is 3.76. The van der Waals surface area contributed by atoms with Crippen molar-refractivity contribution in [2.45, 2.75) is 45.6 Å². The molecule has 0 amide bonds. The maximum absolute atomic E-state index is 9.69. The second kappa shape index (κ2) is 7.64. The Hall–Kier alpha value is -1.62. The van der Waals surface area contributed by atoms with E-state index in [4.69, 9.17) is 0 Å². The van der Waals surface area contributed by atoms with Gasteiger partial charge in [0.15, 0.2) is 0 Å². The number of rotatable bonds is 3. The van der Waals surface area contributed by atoms with Crippen LogP contribution in [0, 0.1) is 35.5 Å². The minimum absolute atomic E-state index is 0.607. The van der Waals surface area contributed by atoms with E-state index in [1.807, 2.05) is 0 Å². The minimum Gasteiger partial charge on any atom is -0.374 e. The van der Waals surface area contributed by atoms with Crippen molar-refractivity contribution in [1.82, 2.24) is 0 Å². The predicted octanol–water partition coefficient (Wildman–Crippen LogP) is 2.51. The molecule has 1 unspecified atom stereocenters. The normalized spacial score (nSPS) is 11.8. The van der Waals surface area contributed by atoms with Crippen LogP contribution in [0.1, 0.15) is 40.0 Å². The molecule has 1 nitrogen and oxygen atoms in total. The molecular formula is C15H18O. The summed E-state index contributed by atoms with van der Waals surface area (Å²) in [5.41, 5.74) is -0.555. The fourth-order valence-electron chi connectivity index (χ4n) is 0.694. The Labute approximate surface area is 99.0 Å². The molecule has 0 aliphatic heterocycles. The SMILES string of the molecule is C=C(C)C(C)(O)C#CC#CC#CCCCC. The third-order valence-electron chi connectivity index (χ3n) is 2.07. The van der Waals surface area contributed by atoms with Gasteiger partial charge in [0.2, 0.25) is 0 Å². The third-order valence-corrected chi connectivity index (χ3v) is 2.07. The number of unbranched alkanes of at least 4 members (excludes halogenated alkanes) is 2. The van der Waals surface area contributed by atoms with Crippen molar-refractivity contribution in [3.63, 3.8) is 0 Å². The summed E-state index contributed by atoms with van der Waals surface area (Å²) in [6.45, 7) is 9.09. The first-order valence-corrected chi connectivity index (χ1v) is 5.39. The molecule has 0 aromatic heterocycles. The predicted molar refractivity (Wildman–Crippen MR) is 68.3 cm³/mol. The van der Waals surface area contributed by atoms with Crippen LogP contribution in [0.15, 0.2) is 12.2 Å². The lowest BCUT2D eigenvalue weighted by Crippen LogP contribution is -2.22. The minimum atomic E-state index is -1.16. The summed E-state index contributed by atoms with van der Waals surface area (Å²) in [5, 5.41) is 9.69. The van der Waals surface area contributed by atoms with Crippen LogP contribution in [0.5, 0.6) is 0 Å². The molecule has 0 spiro atoms. The average molecular weight is 214 g/mol. The molecule has 0 radical (unpaired) electrons. The van der Waals surface area contributed by atoms with Gasteiger partial charge in [-0.15, -0.1) is 0 Å². The molecule has 0 aliphatic rings. The van der Waals surface area contributed by atoms with Crippen molar-refractivity contribution >= 4 is 0 Å². The lowest BCUT2D eigenvalue weighted by molar-refractivity contribution is 0.162. The quantitative estimate of drug-likeness (QED) is 0.435. The molecule has 1 atom stereocenters. The van der Waals surface area contributed by atoms with Crippen LogP contribution < -0.4 is 0 Å². The third kappa shape index (κ3) is 6.78. The Morgan fingerprint density at radius 1 is 1.25 bits per heavy atom. The van der Waals surface area contributed by atoms with Crippen molar-refractivity contribution < 1.29 is 5.11 Å². The van der Waals surface area contributed by atoms with Crippen molar-refractivity contribution in [1.29, 1.82) is 0 Å². The van der Waals surface area contributed by atoms with Crippen LogP contribution in [0.4, 0.5) is 0 Å². The molecule has 0 aliphatic carbocycles. The fraction of sp³-hybridized carbons (Fsp3) is 0.467. The number of hydrogen-bond acceptors (Lipinski definition) is 1. The van der Waals surface area contributed by atoms with E-state index in [2.05, 4.69) is 49.0 Å². The smallest absolute Gasteiger partial charge is 0.144 e. The van der Waals surface area contributed by atoms with Gasteiger partial charge >= 0.3 is 0 Å². The molecule has 0 aromatic carbocycles. The molecule has 0 bridgehead atoms. The zero-order chi connectivity index (χ0) is 12.4. The summed E-state index contributed by atoms with van der Waals surface area (Å²) in [5.74, 6) is 16.1. The molecule has 0 saturated heterocycles. The molecule has 84 valence electrons. The second-order valence-corrected chi connectivity index (χ2v) is 3.76. The first-order valence-electron chi connectivity index (χ1n) is 5.39. The maximum atomic E-state index is 9.69. The standard InChI is InChI=1S/C15H18O/c1-5-6-7-8-9-10-11-12-13-15(4,16)14(2)3/h16H,2,5-7H2,1,3-4H3. The first-order chi connectivity index (χ1) is 7.50. The van der Waals surface area contributed by atoms with Gasteiger partial charge in [-0.1, -0.05) is 25.8 Å². The molecule has 0 rings (SSSR count). The zero-order valence-electron chi connectivity index (χ0n) is 10.3. The summed E-state index contributed by atoms with van der Waals surface area (Å²) in [7, 11) is 0. The van der Waals surface area contributed by atoms with E-state index >= 15 is 0 Å².